The second-order valence-corrected chi connectivity index (χ2v) is 7.89. The molecule has 1 amide bonds. The van der Waals surface area contributed by atoms with Gasteiger partial charge in [-0.05, 0) is 17.7 Å². The lowest BCUT2D eigenvalue weighted by Crippen LogP contribution is -2.27. The number of carbonyl (C=O) groups is 2. The lowest BCUT2D eigenvalue weighted by molar-refractivity contribution is -0.141. The zero-order chi connectivity index (χ0) is 23.5. The molecule has 0 aliphatic carbocycles. The molecule has 33 heavy (non-hydrogen) atoms. The minimum Gasteiger partial charge on any atom is -0.493 e. The zero-order valence-corrected chi connectivity index (χ0v) is 18.9. The van der Waals surface area contributed by atoms with Gasteiger partial charge in [0.2, 0.25) is 5.91 Å². The summed E-state index contributed by atoms with van der Waals surface area (Å²) in [4.78, 5) is 28.5. The van der Waals surface area contributed by atoms with Crippen LogP contribution in [0.2, 0.25) is 5.15 Å². The van der Waals surface area contributed by atoms with Crippen LogP contribution >= 0.6 is 11.6 Å². The van der Waals surface area contributed by atoms with E-state index in [0.29, 0.717) is 34.7 Å². The Kier molecular flexibility index (Phi) is 6.46. The number of carboxylic acids is 1. The number of carbonyl (C=O) groups excluding carboxylic acids is 1. The molecule has 1 aromatic heterocycles. The number of carboxylic acid groups (broad SMARTS) is 1. The number of nitrogens with zero attached hydrogens (tertiary/aromatic N) is 3. The van der Waals surface area contributed by atoms with E-state index in [9.17, 15) is 9.59 Å². The van der Waals surface area contributed by atoms with Gasteiger partial charge in [0.15, 0.2) is 11.5 Å². The molecule has 0 unspecified atom stereocenters. The quantitative estimate of drug-likeness (QED) is 0.515. The van der Waals surface area contributed by atoms with Gasteiger partial charge in [0.05, 0.1) is 37.9 Å². The van der Waals surface area contributed by atoms with E-state index in [1.54, 1.807) is 26.4 Å². The molecular weight excluding hydrogens is 446 g/mol. The average molecular weight is 468 g/mol. The third-order valence-electron chi connectivity index (χ3n) is 5.49. The highest BCUT2D eigenvalue weighted by Crippen LogP contribution is 2.39. The van der Waals surface area contributed by atoms with E-state index in [1.165, 1.54) is 5.01 Å². The van der Waals surface area contributed by atoms with Crippen LogP contribution in [0.25, 0.3) is 10.9 Å². The Labute approximate surface area is 195 Å². The molecule has 0 radical (unpaired) electrons. The molecule has 3 aromatic rings. The Morgan fingerprint density at radius 2 is 1.79 bits per heavy atom. The topological polar surface area (TPSA) is 101 Å². The summed E-state index contributed by atoms with van der Waals surface area (Å²) in [6, 6.07) is 14.4. The van der Waals surface area contributed by atoms with Crippen LogP contribution in [0.1, 0.15) is 36.4 Å². The average Bonchev–Trinajstić information content (AvgIpc) is 3.27. The Balaban J connectivity index is 1.76. The van der Waals surface area contributed by atoms with Crippen molar-refractivity contribution < 1.29 is 24.2 Å². The Morgan fingerprint density at radius 3 is 2.45 bits per heavy atom. The van der Waals surface area contributed by atoms with Crippen LogP contribution in [0.4, 0.5) is 0 Å². The first-order valence-electron chi connectivity index (χ1n) is 10.3. The molecule has 0 fully saturated rings. The van der Waals surface area contributed by atoms with Crippen molar-refractivity contribution >= 4 is 40.1 Å². The van der Waals surface area contributed by atoms with E-state index in [4.69, 9.17) is 26.2 Å². The molecule has 1 aliphatic rings. The number of aliphatic carboxylic acids is 1. The van der Waals surface area contributed by atoms with Gasteiger partial charge in [-0.15, -0.1) is 0 Å². The summed E-state index contributed by atoms with van der Waals surface area (Å²) in [7, 11) is 3.09. The Bertz CT molecular complexity index is 1250. The van der Waals surface area contributed by atoms with Crippen molar-refractivity contribution in [2.24, 2.45) is 5.10 Å². The van der Waals surface area contributed by atoms with Crippen LogP contribution in [0.5, 0.6) is 11.5 Å². The van der Waals surface area contributed by atoms with E-state index in [0.717, 1.165) is 10.9 Å². The molecular formula is C24H22ClN3O5. The smallest absolute Gasteiger partial charge is 0.303 e. The van der Waals surface area contributed by atoms with E-state index in [-0.39, 0.29) is 18.0 Å². The first kappa shape index (κ1) is 22.5. The first-order valence-corrected chi connectivity index (χ1v) is 10.7. The fourth-order valence-electron chi connectivity index (χ4n) is 3.84. The van der Waals surface area contributed by atoms with Gasteiger partial charge in [-0.3, -0.25) is 9.59 Å². The van der Waals surface area contributed by atoms with Gasteiger partial charge in [0.25, 0.3) is 0 Å². The Hall–Kier alpha value is -3.65. The largest absolute Gasteiger partial charge is 0.493 e. The number of aromatic nitrogens is 1. The van der Waals surface area contributed by atoms with Crippen molar-refractivity contribution in [2.75, 3.05) is 14.2 Å². The van der Waals surface area contributed by atoms with Crippen molar-refractivity contribution in [1.29, 1.82) is 0 Å². The van der Waals surface area contributed by atoms with Gasteiger partial charge in [0.1, 0.15) is 5.15 Å². The number of halogens is 1. The number of ether oxygens (including phenoxy) is 2. The van der Waals surface area contributed by atoms with Crippen LogP contribution in [0.15, 0.2) is 53.6 Å². The monoisotopic (exact) mass is 467 g/mol. The van der Waals surface area contributed by atoms with E-state index < -0.39 is 17.9 Å². The maximum Gasteiger partial charge on any atom is 0.303 e. The number of methoxy groups -OCH3 is 2. The van der Waals surface area contributed by atoms with E-state index >= 15 is 0 Å². The zero-order valence-electron chi connectivity index (χ0n) is 18.1. The number of benzene rings is 2. The summed E-state index contributed by atoms with van der Waals surface area (Å²) >= 11 is 6.58. The molecule has 4 rings (SSSR count). The van der Waals surface area contributed by atoms with Gasteiger partial charge >= 0.3 is 5.97 Å². The summed E-state index contributed by atoms with van der Waals surface area (Å²) in [6.07, 6.45) is -0.0248. The van der Waals surface area contributed by atoms with Crippen LogP contribution in [0, 0.1) is 0 Å². The van der Waals surface area contributed by atoms with Crippen molar-refractivity contribution in [2.45, 2.75) is 25.3 Å². The van der Waals surface area contributed by atoms with Crippen molar-refractivity contribution in [3.8, 4) is 11.5 Å². The second-order valence-electron chi connectivity index (χ2n) is 7.53. The minimum absolute atomic E-state index is 0.166. The van der Waals surface area contributed by atoms with Gasteiger partial charge in [-0.2, -0.15) is 5.10 Å². The summed E-state index contributed by atoms with van der Waals surface area (Å²) in [5, 5.41) is 15.9. The summed E-state index contributed by atoms with van der Waals surface area (Å²) in [6.45, 7) is 0. The lowest BCUT2D eigenvalue weighted by Gasteiger charge is -2.23. The van der Waals surface area contributed by atoms with Crippen LogP contribution in [-0.4, -0.2) is 46.9 Å². The Morgan fingerprint density at radius 1 is 1.09 bits per heavy atom. The van der Waals surface area contributed by atoms with Crippen LogP contribution in [-0.2, 0) is 9.59 Å². The second kappa shape index (κ2) is 9.46. The molecule has 1 atom stereocenters. The van der Waals surface area contributed by atoms with Gasteiger partial charge in [-0.25, -0.2) is 9.99 Å². The number of rotatable bonds is 7. The van der Waals surface area contributed by atoms with Crippen LogP contribution < -0.4 is 9.47 Å². The lowest BCUT2D eigenvalue weighted by atomic mass is 9.98. The van der Waals surface area contributed by atoms with E-state index in [1.807, 2.05) is 36.4 Å². The number of hydrazone groups is 1. The number of fused-ring (bicyclic) bond motifs is 1. The van der Waals surface area contributed by atoms with Crippen molar-refractivity contribution in [3.05, 3.63) is 64.8 Å². The number of hydrogen-bond donors (Lipinski definition) is 1. The summed E-state index contributed by atoms with van der Waals surface area (Å²) in [5.41, 5.74) is 2.84. The van der Waals surface area contributed by atoms with Gasteiger partial charge in [0, 0.05) is 29.9 Å². The normalized spacial score (nSPS) is 15.4. The molecule has 0 spiro atoms. The molecule has 170 valence electrons. The molecule has 1 N–H and O–H groups in total. The van der Waals surface area contributed by atoms with Gasteiger partial charge < -0.3 is 14.6 Å². The number of amides is 1. The van der Waals surface area contributed by atoms with E-state index in [2.05, 4.69) is 10.1 Å². The highest BCUT2D eigenvalue weighted by molar-refractivity contribution is 6.30. The molecule has 1 aliphatic heterocycles. The maximum atomic E-state index is 12.9. The molecule has 2 heterocycles. The molecule has 2 aromatic carbocycles. The standard InChI is InChI=1S/C24H22ClN3O5/c1-32-20-11-15-10-16(24(25)26-17(15)13-21(20)33-2)19-12-18(14-6-4-3-5-7-14)27-28(19)22(29)8-9-23(30)31/h3-7,10-11,13,19H,8-9,12H2,1-2H3,(H,30,31)/t19-/m0/s1. The highest BCUT2D eigenvalue weighted by Gasteiger charge is 2.35. The van der Waals surface area contributed by atoms with Crippen molar-refractivity contribution in [1.82, 2.24) is 9.99 Å². The summed E-state index contributed by atoms with van der Waals surface area (Å²) in [5.74, 6) is -0.362. The third-order valence-corrected chi connectivity index (χ3v) is 5.79. The maximum absolute atomic E-state index is 12.9. The molecule has 9 heteroatoms. The fraction of sp³-hybridized carbons (Fsp3) is 0.250. The molecule has 0 saturated heterocycles. The number of pyridine rings is 1. The highest BCUT2D eigenvalue weighted by atomic mass is 35.5. The van der Waals surface area contributed by atoms with Crippen molar-refractivity contribution in [3.63, 3.8) is 0 Å². The molecule has 0 saturated carbocycles. The third kappa shape index (κ3) is 4.61. The van der Waals surface area contributed by atoms with Crippen LogP contribution in [0.3, 0.4) is 0 Å². The van der Waals surface area contributed by atoms with Gasteiger partial charge in [-0.1, -0.05) is 41.9 Å². The minimum atomic E-state index is -1.04. The fourth-order valence-corrected chi connectivity index (χ4v) is 4.12. The molecule has 0 bridgehead atoms. The SMILES string of the molecule is COc1cc2cc([C@@H]3CC(c4ccccc4)=NN3C(=O)CCC(=O)O)c(Cl)nc2cc1OC. The predicted octanol–water partition coefficient (Wildman–Crippen LogP) is 4.45. The predicted molar refractivity (Wildman–Crippen MR) is 124 cm³/mol. The first-order chi connectivity index (χ1) is 15.9. The summed E-state index contributed by atoms with van der Waals surface area (Å²) < 4.78 is 10.7. The molecule has 8 nitrogen and oxygen atoms in total. The number of hydrogen-bond acceptors (Lipinski definition) is 6.